The molecule has 1 saturated heterocycles. The molecule has 108 valence electrons. The molecular weight excluding hydrogens is 268 g/mol. The number of cyclic esters (lactones) is 1. The molecule has 1 N–H and O–H groups in total. The van der Waals surface area contributed by atoms with Crippen molar-refractivity contribution in [3.8, 4) is 0 Å². The first-order valence-electron chi connectivity index (χ1n) is 6.05. The number of hydrogen-bond acceptors (Lipinski definition) is 6. The monoisotopic (exact) mass is 282 g/mol. The Labute approximate surface area is 114 Å². The van der Waals surface area contributed by atoms with E-state index in [9.17, 15) is 14.4 Å². The van der Waals surface area contributed by atoms with E-state index in [1.54, 1.807) is 13.8 Å². The largest absolute Gasteiger partial charge is 0.476 e. The van der Waals surface area contributed by atoms with Gasteiger partial charge in [0.05, 0.1) is 12.2 Å². The van der Waals surface area contributed by atoms with Crippen molar-refractivity contribution in [2.24, 2.45) is 0 Å². The summed E-state index contributed by atoms with van der Waals surface area (Å²) in [4.78, 5) is 35.3. The number of carbonyl (C=O) groups excluding carboxylic acids is 2. The van der Waals surface area contributed by atoms with Gasteiger partial charge in [-0.1, -0.05) is 19.1 Å². The van der Waals surface area contributed by atoms with Crippen LogP contribution in [0.3, 0.4) is 0 Å². The molecule has 0 radical (unpaired) electrons. The van der Waals surface area contributed by atoms with Crippen molar-refractivity contribution in [2.75, 3.05) is 13.2 Å². The number of imide groups is 1. The standard InChI is InChI=1S/C11H14N4O5/c1-6(2)9-8(10(17)18)12-13-15(9)5-7(16)14-3-4-20-11(14)19/h6H,3-5H2,1-2H3,(H,17,18). The first kappa shape index (κ1) is 14.0. The number of carboxylic acid groups (broad SMARTS) is 1. The minimum Gasteiger partial charge on any atom is -0.476 e. The molecule has 0 bridgehead atoms. The van der Waals surface area contributed by atoms with Crippen LogP contribution in [0.5, 0.6) is 0 Å². The van der Waals surface area contributed by atoms with Crippen LogP contribution in [0, 0.1) is 0 Å². The van der Waals surface area contributed by atoms with Gasteiger partial charge in [-0.05, 0) is 5.92 Å². The highest BCUT2D eigenvalue weighted by Gasteiger charge is 2.30. The second kappa shape index (κ2) is 5.27. The van der Waals surface area contributed by atoms with Gasteiger partial charge in [0.1, 0.15) is 13.2 Å². The van der Waals surface area contributed by atoms with E-state index >= 15 is 0 Å². The van der Waals surface area contributed by atoms with Crippen molar-refractivity contribution in [3.05, 3.63) is 11.4 Å². The molecule has 1 aliphatic heterocycles. The fraction of sp³-hybridized carbons (Fsp3) is 0.545. The zero-order chi connectivity index (χ0) is 14.9. The molecule has 20 heavy (non-hydrogen) atoms. The van der Waals surface area contributed by atoms with E-state index in [1.807, 2.05) is 0 Å². The van der Waals surface area contributed by atoms with Crippen molar-refractivity contribution in [2.45, 2.75) is 26.3 Å². The summed E-state index contributed by atoms with van der Waals surface area (Å²) in [7, 11) is 0. The molecule has 1 aromatic heterocycles. The van der Waals surface area contributed by atoms with Crippen LogP contribution in [-0.2, 0) is 16.1 Å². The van der Waals surface area contributed by atoms with Crippen LogP contribution in [-0.4, -0.2) is 56.1 Å². The minimum absolute atomic E-state index is 0.166. The van der Waals surface area contributed by atoms with Gasteiger partial charge in [0.15, 0.2) is 5.69 Å². The molecule has 9 heteroatoms. The Balaban J connectivity index is 2.23. The molecule has 1 aromatic rings. The lowest BCUT2D eigenvalue weighted by Crippen LogP contribution is -2.35. The maximum Gasteiger partial charge on any atom is 0.416 e. The molecule has 0 spiro atoms. The highest BCUT2D eigenvalue weighted by Crippen LogP contribution is 2.18. The van der Waals surface area contributed by atoms with Crippen molar-refractivity contribution < 1.29 is 24.2 Å². The lowest BCUT2D eigenvalue weighted by Gasteiger charge is -2.13. The van der Waals surface area contributed by atoms with Gasteiger partial charge in [0.25, 0.3) is 5.91 Å². The van der Waals surface area contributed by atoms with E-state index < -0.39 is 18.0 Å². The molecule has 1 aliphatic rings. The summed E-state index contributed by atoms with van der Waals surface area (Å²) < 4.78 is 5.88. The number of carboxylic acids is 1. The third kappa shape index (κ3) is 2.46. The van der Waals surface area contributed by atoms with Crippen LogP contribution in [0.25, 0.3) is 0 Å². The maximum atomic E-state index is 12.0. The van der Waals surface area contributed by atoms with Crippen molar-refractivity contribution in [1.29, 1.82) is 0 Å². The maximum absolute atomic E-state index is 12.0. The normalized spacial score (nSPS) is 14.8. The summed E-state index contributed by atoms with van der Waals surface area (Å²) in [5.41, 5.74) is 0.162. The second-order valence-electron chi connectivity index (χ2n) is 4.60. The van der Waals surface area contributed by atoms with E-state index in [1.165, 1.54) is 4.68 Å². The Morgan fingerprint density at radius 3 is 2.65 bits per heavy atom. The summed E-state index contributed by atoms with van der Waals surface area (Å²) in [6.07, 6.45) is -0.695. The second-order valence-corrected chi connectivity index (χ2v) is 4.60. The zero-order valence-electron chi connectivity index (χ0n) is 11.1. The first-order chi connectivity index (χ1) is 9.41. The van der Waals surface area contributed by atoms with Crippen molar-refractivity contribution >= 4 is 18.0 Å². The SMILES string of the molecule is CC(C)c1c(C(=O)O)nnn1CC(=O)N1CCOC1=O. The molecule has 0 unspecified atom stereocenters. The molecule has 0 saturated carbocycles. The number of rotatable bonds is 4. The van der Waals surface area contributed by atoms with Crippen LogP contribution in [0.1, 0.15) is 35.9 Å². The van der Waals surface area contributed by atoms with E-state index in [0.29, 0.717) is 5.69 Å². The molecule has 1 fully saturated rings. The molecule has 0 atom stereocenters. The van der Waals surface area contributed by atoms with Crippen LogP contribution >= 0.6 is 0 Å². The summed E-state index contributed by atoms with van der Waals surface area (Å²) in [5, 5.41) is 16.3. The van der Waals surface area contributed by atoms with Gasteiger partial charge in [-0.15, -0.1) is 5.10 Å². The smallest absolute Gasteiger partial charge is 0.416 e. The Kier molecular flexibility index (Phi) is 3.68. The third-order valence-corrected chi connectivity index (χ3v) is 2.87. The number of carbonyl (C=O) groups is 3. The van der Waals surface area contributed by atoms with Crippen LogP contribution in [0.2, 0.25) is 0 Å². The number of aromatic carboxylic acids is 1. The number of hydrogen-bond donors (Lipinski definition) is 1. The number of aromatic nitrogens is 3. The van der Waals surface area contributed by atoms with Gasteiger partial charge in [-0.2, -0.15) is 0 Å². The molecular formula is C11H14N4O5. The predicted molar refractivity (Wildman–Crippen MR) is 64.1 cm³/mol. The summed E-state index contributed by atoms with van der Waals surface area (Å²) in [6, 6.07) is 0. The van der Waals surface area contributed by atoms with Gasteiger partial charge in [-0.3, -0.25) is 4.79 Å². The number of amides is 2. The fourth-order valence-corrected chi connectivity index (χ4v) is 1.99. The molecule has 2 amide bonds. The Morgan fingerprint density at radius 1 is 1.45 bits per heavy atom. The van der Waals surface area contributed by atoms with Gasteiger partial charge >= 0.3 is 12.1 Å². The van der Waals surface area contributed by atoms with Crippen LogP contribution in [0.15, 0.2) is 0 Å². The molecule has 9 nitrogen and oxygen atoms in total. The quantitative estimate of drug-likeness (QED) is 0.831. The molecule has 2 heterocycles. The average Bonchev–Trinajstić information content (AvgIpc) is 2.95. The van der Waals surface area contributed by atoms with E-state index in [0.717, 1.165) is 4.90 Å². The molecule has 0 aliphatic carbocycles. The lowest BCUT2D eigenvalue weighted by atomic mass is 10.1. The molecule has 2 rings (SSSR count). The van der Waals surface area contributed by atoms with Crippen molar-refractivity contribution in [1.82, 2.24) is 19.9 Å². The van der Waals surface area contributed by atoms with Crippen LogP contribution < -0.4 is 0 Å². The predicted octanol–water partition coefficient (Wildman–Crippen LogP) is 0.0785. The Hall–Kier alpha value is -2.45. The van der Waals surface area contributed by atoms with E-state index in [2.05, 4.69) is 15.0 Å². The number of ether oxygens (including phenoxy) is 1. The van der Waals surface area contributed by atoms with Gasteiger partial charge in [0.2, 0.25) is 0 Å². The third-order valence-electron chi connectivity index (χ3n) is 2.87. The highest BCUT2D eigenvalue weighted by molar-refractivity contribution is 5.93. The topological polar surface area (TPSA) is 115 Å². The summed E-state index contributed by atoms with van der Waals surface area (Å²) in [5.74, 6) is -1.88. The molecule has 0 aromatic carbocycles. The highest BCUT2D eigenvalue weighted by atomic mass is 16.6. The Bertz CT molecular complexity index is 565. The average molecular weight is 282 g/mol. The van der Waals surface area contributed by atoms with Gasteiger partial charge in [0, 0.05) is 0 Å². The van der Waals surface area contributed by atoms with Gasteiger partial charge in [-0.25, -0.2) is 19.2 Å². The van der Waals surface area contributed by atoms with Crippen molar-refractivity contribution in [3.63, 3.8) is 0 Å². The fourth-order valence-electron chi connectivity index (χ4n) is 1.99. The minimum atomic E-state index is -1.20. The van der Waals surface area contributed by atoms with E-state index in [-0.39, 0.29) is 31.3 Å². The zero-order valence-corrected chi connectivity index (χ0v) is 11.1. The Morgan fingerprint density at radius 2 is 2.15 bits per heavy atom. The number of nitrogens with zero attached hydrogens (tertiary/aromatic N) is 4. The van der Waals surface area contributed by atoms with Crippen LogP contribution in [0.4, 0.5) is 4.79 Å². The summed E-state index contributed by atoms with van der Waals surface area (Å²) >= 11 is 0. The van der Waals surface area contributed by atoms with E-state index in [4.69, 9.17) is 5.11 Å². The first-order valence-corrected chi connectivity index (χ1v) is 6.05. The lowest BCUT2D eigenvalue weighted by molar-refractivity contribution is -0.128. The van der Waals surface area contributed by atoms with Gasteiger partial charge < -0.3 is 9.84 Å². The summed E-state index contributed by atoms with van der Waals surface area (Å²) in [6.45, 7) is 3.66.